The zero-order valence-corrected chi connectivity index (χ0v) is 20.5. The summed E-state index contributed by atoms with van der Waals surface area (Å²) in [4.78, 5) is 11.6. The van der Waals surface area contributed by atoms with Crippen molar-refractivity contribution >= 4 is 21.9 Å². The van der Waals surface area contributed by atoms with E-state index in [1.54, 1.807) is 0 Å². The van der Waals surface area contributed by atoms with Crippen molar-refractivity contribution in [2.75, 3.05) is 84.6 Å². The van der Waals surface area contributed by atoms with Gasteiger partial charge in [0.05, 0.1) is 85.7 Å². The lowest BCUT2D eigenvalue weighted by Gasteiger charge is -2.09. The average Bonchev–Trinajstić information content (AvgIpc) is 2.85. The molecule has 0 atom stereocenters. The maximum absolute atomic E-state index is 13.5. The highest BCUT2D eigenvalue weighted by molar-refractivity contribution is 9.09. The molecule has 0 saturated heterocycles. The quantitative estimate of drug-likeness (QED) is 0.0416. The molecule has 0 amide bonds. The number of rotatable bonds is 21. The van der Waals surface area contributed by atoms with Crippen LogP contribution >= 0.6 is 15.9 Å². The smallest absolute Gasteiger partial charge is 0.313 e. The second-order valence-corrected chi connectivity index (χ2v) is 7.28. The van der Waals surface area contributed by atoms with Gasteiger partial charge in [-0.3, -0.25) is 4.79 Å². The molecule has 8 nitrogen and oxygen atoms in total. The molecule has 0 aromatic heterocycles. The molecule has 1 aromatic carbocycles. The zero-order valence-electron chi connectivity index (χ0n) is 18.9. The predicted octanol–water partition coefficient (Wildman–Crippen LogP) is 3.17. The molecule has 0 aliphatic carbocycles. The Hall–Kier alpha value is -1.42. The van der Waals surface area contributed by atoms with Crippen molar-refractivity contribution in [3.05, 3.63) is 29.1 Å². The van der Waals surface area contributed by atoms with Gasteiger partial charge in [-0.1, -0.05) is 15.9 Å². The molecule has 1 aromatic rings. The normalized spacial score (nSPS) is 11.3. The molecule has 0 spiro atoms. The summed E-state index contributed by atoms with van der Waals surface area (Å²) in [7, 11) is 0. The van der Waals surface area contributed by atoms with Crippen molar-refractivity contribution in [3.8, 4) is 5.75 Å². The van der Waals surface area contributed by atoms with Gasteiger partial charge in [0.15, 0.2) is 0 Å². The van der Waals surface area contributed by atoms with E-state index in [4.69, 9.17) is 28.4 Å². The van der Waals surface area contributed by atoms with Crippen molar-refractivity contribution < 1.29 is 59.9 Å². The highest BCUT2D eigenvalue weighted by atomic mass is 79.9. The molecule has 14 heteroatoms. The minimum Gasteiger partial charge on any atom is -0.420 e. The number of ether oxygens (including phenoxy) is 7. The molecule has 202 valence electrons. The van der Waals surface area contributed by atoms with E-state index in [1.165, 1.54) is 0 Å². The fraction of sp³-hybridized carbons (Fsp3) is 0.667. The highest BCUT2D eigenvalue weighted by Gasteiger charge is 2.28. The van der Waals surface area contributed by atoms with Crippen LogP contribution in [0, 0.1) is 29.1 Å². The molecular formula is C21H28BrF5O8. The van der Waals surface area contributed by atoms with Gasteiger partial charge in [0.1, 0.15) is 0 Å². The van der Waals surface area contributed by atoms with Crippen molar-refractivity contribution in [3.63, 3.8) is 0 Å². The number of esters is 1. The summed E-state index contributed by atoms with van der Waals surface area (Å²) >= 11 is 3.25. The number of halogens is 6. The van der Waals surface area contributed by atoms with Crippen LogP contribution in [0.3, 0.4) is 0 Å². The van der Waals surface area contributed by atoms with Crippen LogP contribution in [0.5, 0.6) is 5.75 Å². The summed E-state index contributed by atoms with van der Waals surface area (Å²) in [5, 5.41) is 0.790. The fourth-order valence-electron chi connectivity index (χ4n) is 2.25. The first-order valence-electron chi connectivity index (χ1n) is 10.6. The van der Waals surface area contributed by atoms with Crippen molar-refractivity contribution in [2.45, 2.75) is 6.42 Å². The Morgan fingerprint density at radius 3 is 1.20 bits per heavy atom. The Bertz CT molecular complexity index is 715. The van der Waals surface area contributed by atoms with Gasteiger partial charge in [0, 0.05) is 5.33 Å². The van der Waals surface area contributed by atoms with Crippen LogP contribution in [0.1, 0.15) is 6.42 Å². The Morgan fingerprint density at radius 2 is 0.829 bits per heavy atom. The molecule has 1 rings (SSSR count). The number of carbonyl (C=O) groups is 1. The first kappa shape index (κ1) is 31.6. The zero-order chi connectivity index (χ0) is 25.9. The SMILES string of the molecule is O=C(CCOCCOCCOCCOCCOCCOCCBr)Oc1c(F)c(F)c(F)c(F)c1F. The van der Waals surface area contributed by atoms with Gasteiger partial charge in [-0.05, 0) is 0 Å². The summed E-state index contributed by atoms with van der Waals surface area (Å²) in [5.41, 5.74) is 0. The number of benzene rings is 1. The van der Waals surface area contributed by atoms with Crippen LogP contribution in [0.2, 0.25) is 0 Å². The molecule has 0 aliphatic rings. The van der Waals surface area contributed by atoms with E-state index < -0.39 is 47.2 Å². The van der Waals surface area contributed by atoms with Gasteiger partial charge in [-0.25, -0.2) is 13.2 Å². The number of hydrogen-bond acceptors (Lipinski definition) is 8. The van der Waals surface area contributed by atoms with Crippen LogP contribution in [-0.4, -0.2) is 90.6 Å². The average molecular weight is 583 g/mol. The Balaban J connectivity index is 1.94. The lowest BCUT2D eigenvalue weighted by atomic mass is 10.2. The molecule has 0 radical (unpaired) electrons. The summed E-state index contributed by atoms with van der Waals surface area (Å²) in [6, 6.07) is 0. The van der Waals surface area contributed by atoms with Crippen LogP contribution in [0.4, 0.5) is 22.0 Å². The van der Waals surface area contributed by atoms with E-state index in [0.29, 0.717) is 59.5 Å². The molecule has 0 heterocycles. The molecule has 35 heavy (non-hydrogen) atoms. The third-order valence-electron chi connectivity index (χ3n) is 3.92. The van der Waals surface area contributed by atoms with Gasteiger partial charge in [-0.15, -0.1) is 0 Å². The summed E-state index contributed by atoms with van der Waals surface area (Å²) in [6.07, 6.45) is -0.474. The van der Waals surface area contributed by atoms with Crippen LogP contribution in [0.25, 0.3) is 0 Å². The maximum atomic E-state index is 13.5. The van der Waals surface area contributed by atoms with Gasteiger partial charge >= 0.3 is 5.97 Å². The van der Waals surface area contributed by atoms with Gasteiger partial charge in [0.25, 0.3) is 0 Å². The molecule has 0 saturated carbocycles. The predicted molar refractivity (Wildman–Crippen MR) is 115 cm³/mol. The van der Waals surface area contributed by atoms with Gasteiger partial charge in [0.2, 0.25) is 34.8 Å². The lowest BCUT2D eigenvalue weighted by molar-refractivity contribution is -0.136. The minimum absolute atomic E-state index is 0.0973. The van der Waals surface area contributed by atoms with E-state index in [9.17, 15) is 26.7 Å². The van der Waals surface area contributed by atoms with E-state index >= 15 is 0 Å². The van der Waals surface area contributed by atoms with Gasteiger partial charge < -0.3 is 33.2 Å². The molecule has 0 fully saturated rings. The number of hydrogen-bond donors (Lipinski definition) is 0. The van der Waals surface area contributed by atoms with Gasteiger partial charge in [-0.2, -0.15) is 8.78 Å². The van der Waals surface area contributed by atoms with E-state index in [-0.39, 0.29) is 19.8 Å². The van der Waals surface area contributed by atoms with Crippen molar-refractivity contribution in [1.29, 1.82) is 0 Å². The molecular weight excluding hydrogens is 555 g/mol. The van der Waals surface area contributed by atoms with E-state index in [1.807, 2.05) is 0 Å². The minimum atomic E-state index is -2.34. The molecule has 0 unspecified atom stereocenters. The monoisotopic (exact) mass is 582 g/mol. The van der Waals surface area contributed by atoms with Crippen LogP contribution in [0.15, 0.2) is 0 Å². The summed E-state index contributed by atoms with van der Waals surface area (Å²) < 4.78 is 102. The maximum Gasteiger partial charge on any atom is 0.313 e. The summed E-state index contributed by atoms with van der Waals surface area (Å²) in [5.74, 6) is -14.1. The van der Waals surface area contributed by atoms with Crippen molar-refractivity contribution in [2.24, 2.45) is 0 Å². The third-order valence-corrected chi connectivity index (χ3v) is 4.24. The Kier molecular flexibility index (Phi) is 17.8. The number of carbonyl (C=O) groups excluding carboxylic acids is 1. The van der Waals surface area contributed by atoms with E-state index in [2.05, 4.69) is 20.7 Å². The highest BCUT2D eigenvalue weighted by Crippen LogP contribution is 2.29. The standard InChI is InChI=1S/C21H28BrF5O8/c22-2-4-30-6-8-32-10-12-34-14-13-33-11-9-31-7-5-29-3-1-15(28)35-21-19(26)17(24)16(23)18(25)20(21)27/h1-14H2. The fourth-order valence-corrected chi connectivity index (χ4v) is 2.48. The molecule has 0 N–H and O–H groups in total. The Labute approximate surface area is 208 Å². The first-order chi connectivity index (χ1) is 16.9. The van der Waals surface area contributed by atoms with Crippen molar-refractivity contribution in [1.82, 2.24) is 0 Å². The third kappa shape index (κ3) is 13.5. The molecule has 0 aliphatic heterocycles. The van der Waals surface area contributed by atoms with E-state index in [0.717, 1.165) is 5.33 Å². The lowest BCUT2D eigenvalue weighted by Crippen LogP contribution is -2.16. The molecule has 0 bridgehead atoms. The summed E-state index contributed by atoms with van der Waals surface area (Å²) in [6.45, 7) is 4.11. The first-order valence-corrected chi connectivity index (χ1v) is 11.8. The number of alkyl halides is 1. The largest absolute Gasteiger partial charge is 0.420 e. The second-order valence-electron chi connectivity index (χ2n) is 6.49. The Morgan fingerprint density at radius 1 is 0.514 bits per heavy atom. The van der Waals surface area contributed by atoms with Crippen LogP contribution in [-0.2, 0) is 33.2 Å². The topological polar surface area (TPSA) is 81.7 Å². The second kappa shape index (κ2) is 19.7. The van der Waals surface area contributed by atoms with Crippen LogP contribution < -0.4 is 4.74 Å².